The number of carbonyl (C=O) groups excluding carboxylic acids is 1. The van der Waals surface area contributed by atoms with Gasteiger partial charge in [-0.05, 0) is 48.6 Å². The van der Waals surface area contributed by atoms with Crippen LogP contribution in [0.2, 0.25) is 0 Å². The lowest BCUT2D eigenvalue weighted by Gasteiger charge is -2.17. The molecule has 23 heavy (non-hydrogen) atoms. The van der Waals surface area contributed by atoms with Crippen molar-refractivity contribution in [3.8, 4) is 0 Å². The summed E-state index contributed by atoms with van der Waals surface area (Å²) in [7, 11) is -3.18. The van der Waals surface area contributed by atoms with Gasteiger partial charge in [0, 0.05) is 23.5 Å². The first-order valence-corrected chi connectivity index (χ1v) is 9.96. The maximum absolute atomic E-state index is 12.1. The molecule has 1 aliphatic rings. The van der Waals surface area contributed by atoms with Gasteiger partial charge in [0.25, 0.3) is 5.91 Å². The first-order valence-electron chi connectivity index (χ1n) is 7.47. The van der Waals surface area contributed by atoms with E-state index in [1.807, 2.05) is 17.5 Å². The summed E-state index contributed by atoms with van der Waals surface area (Å²) in [5.41, 5.74) is 1.16. The molecule has 7 heteroatoms. The summed E-state index contributed by atoms with van der Waals surface area (Å²) in [6, 6.07) is 10.8. The Morgan fingerprint density at radius 3 is 2.61 bits per heavy atom. The highest BCUT2D eigenvalue weighted by Crippen LogP contribution is 2.24. The first-order chi connectivity index (χ1) is 11.1. The summed E-state index contributed by atoms with van der Waals surface area (Å²) in [4.78, 5) is 13.3. The molecule has 2 heterocycles. The van der Waals surface area contributed by atoms with Gasteiger partial charge in [-0.2, -0.15) is 0 Å². The molecule has 0 saturated carbocycles. The second-order valence-electron chi connectivity index (χ2n) is 5.37. The Hall–Kier alpha value is -1.86. The minimum absolute atomic E-state index is 0.141. The van der Waals surface area contributed by atoms with Gasteiger partial charge in [-0.25, -0.2) is 8.42 Å². The Balaban J connectivity index is 1.59. The Morgan fingerprint density at radius 1 is 1.22 bits per heavy atom. The molecule has 2 aromatic rings. The lowest BCUT2D eigenvalue weighted by atomic mass is 10.2. The fourth-order valence-electron chi connectivity index (χ4n) is 2.56. The molecule has 1 saturated heterocycles. The highest BCUT2D eigenvalue weighted by atomic mass is 32.2. The number of nitrogens with one attached hydrogen (secondary N) is 1. The van der Waals surface area contributed by atoms with Crippen molar-refractivity contribution in [1.29, 1.82) is 0 Å². The van der Waals surface area contributed by atoms with Crippen molar-refractivity contribution in [2.24, 2.45) is 0 Å². The number of nitrogens with zero attached hydrogens (tertiary/aromatic N) is 1. The molecule has 1 aliphatic heterocycles. The zero-order valence-corrected chi connectivity index (χ0v) is 14.2. The third-order valence-electron chi connectivity index (χ3n) is 3.75. The van der Waals surface area contributed by atoms with Crippen LogP contribution in [0.15, 0.2) is 41.8 Å². The predicted octanol–water partition coefficient (Wildman–Crippen LogP) is 2.26. The molecule has 0 spiro atoms. The number of hydrogen-bond acceptors (Lipinski definition) is 4. The van der Waals surface area contributed by atoms with Crippen molar-refractivity contribution in [3.05, 3.63) is 52.2 Å². The fraction of sp³-hybridized carbons (Fsp3) is 0.312. The molecule has 1 N–H and O–H groups in total. The average Bonchev–Trinajstić information content (AvgIpc) is 3.16. The van der Waals surface area contributed by atoms with Gasteiger partial charge in [0.15, 0.2) is 0 Å². The van der Waals surface area contributed by atoms with Crippen molar-refractivity contribution in [2.45, 2.75) is 12.8 Å². The minimum atomic E-state index is -3.18. The van der Waals surface area contributed by atoms with Crippen LogP contribution in [-0.2, 0) is 16.4 Å². The van der Waals surface area contributed by atoms with Crippen LogP contribution in [-0.4, -0.2) is 33.2 Å². The smallest absolute Gasteiger partial charge is 0.251 e. The molecule has 3 rings (SSSR count). The van der Waals surface area contributed by atoms with E-state index < -0.39 is 10.0 Å². The zero-order valence-electron chi connectivity index (χ0n) is 12.6. The molecule has 0 radical (unpaired) electrons. The SMILES string of the molecule is O=C(NCCc1cccs1)c1ccc(N2CCCS2(=O)=O)cc1. The Labute approximate surface area is 140 Å². The molecule has 1 aromatic heterocycles. The number of anilines is 1. The van der Waals surface area contributed by atoms with Crippen LogP contribution in [0.3, 0.4) is 0 Å². The molecule has 0 bridgehead atoms. The van der Waals surface area contributed by atoms with E-state index in [2.05, 4.69) is 5.32 Å². The van der Waals surface area contributed by atoms with Gasteiger partial charge in [-0.1, -0.05) is 6.07 Å². The van der Waals surface area contributed by atoms with Gasteiger partial charge in [-0.15, -0.1) is 11.3 Å². The standard InChI is InChI=1S/C16H18N2O3S2/c19-16(17-9-8-15-3-1-11-22-15)13-4-6-14(7-5-13)18-10-2-12-23(18,20)21/h1,3-7,11H,2,8-10,12H2,(H,17,19). The quantitative estimate of drug-likeness (QED) is 0.899. The highest BCUT2D eigenvalue weighted by Gasteiger charge is 2.28. The normalized spacial score (nSPS) is 16.4. The second kappa shape index (κ2) is 6.72. The van der Waals surface area contributed by atoms with Gasteiger partial charge in [0.2, 0.25) is 10.0 Å². The summed E-state index contributed by atoms with van der Waals surface area (Å²) in [6.45, 7) is 1.09. The van der Waals surface area contributed by atoms with E-state index in [4.69, 9.17) is 0 Å². The van der Waals surface area contributed by atoms with Crippen molar-refractivity contribution < 1.29 is 13.2 Å². The van der Waals surface area contributed by atoms with Crippen molar-refractivity contribution in [1.82, 2.24) is 5.32 Å². The van der Waals surface area contributed by atoms with E-state index >= 15 is 0 Å². The van der Waals surface area contributed by atoms with Gasteiger partial charge in [-0.3, -0.25) is 9.10 Å². The molecule has 5 nitrogen and oxygen atoms in total. The van der Waals surface area contributed by atoms with Crippen molar-refractivity contribution >= 4 is 33.0 Å². The van der Waals surface area contributed by atoms with Gasteiger partial charge in [0.05, 0.1) is 11.4 Å². The first kappa shape index (κ1) is 16.0. The molecular weight excluding hydrogens is 332 g/mol. The summed E-state index contributed by atoms with van der Waals surface area (Å²) < 4.78 is 25.2. The third kappa shape index (κ3) is 3.73. The lowest BCUT2D eigenvalue weighted by molar-refractivity contribution is 0.0954. The van der Waals surface area contributed by atoms with E-state index in [-0.39, 0.29) is 11.7 Å². The van der Waals surface area contributed by atoms with E-state index in [0.29, 0.717) is 30.8 Å². The highest BCUT2D eigenvalue weighted by molar-refractivity contribution is 7.93. The van der Waals surface area contributed by atoms with E-state index in [0.717, 1.165) is 6.42 Å². The van der Waals surface area contributed by atoms with Crippen LogP contribution < -0.4 is 9.62 Å². The maximum Gasteiger partial charge on any atom is 0.251 e. The Bertz CT molecular complexity index is 768. The molecule has 0 aliphatic carbocycles. The molecule has 0 atom stereocenters. The van der Waals surface area contributed by atoms with Crippen LogP contribution in [0.25, 0.3) is 0 Å². The largest absolute Gasteiger partial charge is 0.352 e. The van der Waals surface area contributed by atoms with Crippen LogP contribution >= 0.6 is 11.3 Å². The fourth-order valence-corrected chi connectivity index (χ4v) is 4.84. The summed E-state index contributed by atoms with van der Waals surface area (Å²) in [5.74, 6) is 0.0511. The molecule has 1 aromatic carbocycles. The average molecular weight is 350 g/mol. The minimum Gasteiger partial charge on any atom is -0.352 e. The summed E-state index contributed by atoms with van der Waals surface area (Å²) >= 11 is 1.67. The van der Waals surface area contributed by atoms with Gasteiger partial charge in [0.1, 0.15) is 0 Å². The number of rotatable bonds is 5. The topological polar surface area (TPSA) is 66.5 Å². The monoisotopic (exact) mass is 350 g/mol. The summed E-state index contributed by atoms with van der Waals surface area (Å²) in [5, 5.41) is 4.89. The number of benzene rings is 1. The molecule has 0 unspecified atom stereocenters. The van der Waals surface area contributed by atoms with Crippen molar-refractivity contribution in [3.63, 3.8) is 0 Å². The zero-order chi connectivity index (χ0) is 16.3. The van der Waals surface area contributed by atoms with E-state index in [1.165, 1.54) is 9.18 Å². The van der Waals surface area contributed by atoms with Gasteiger partial charge < -0.3 is 5.32 Å². The molecule has 122 valence electrons. The third-order valence-corrected chi connectivity index (χ3v) is 6.56. The lowest BCUT2D eigenvalue weighted by Crippen LogP contribution is -2.26. The van der Waals surface area contributed by atoms with Crippen molar-refractivity contribution in [2.75, 3.05) is 23.1 Å². The van der Waals surface area contributed by atoms with Gasteiger partial charge >= 0.3 is 0 Å². The number of hydrogen-bond donors (Lipinski definition) is 1. The number of sulfonamides is 1. The predicted molar refractivity (Wildman–Crippen MR) is 92.5 cm³/mol. The number of amides is 1. The molecule has 1 amide bonds. The van der Waals surface area contributed by atoms with Crippen LogP contribution in [0.4, 0.5) is 5.69 Å². The Morgan fingerprint density at radius 2 is 2.00 bits per heavy atom. The maximum atomic E-state index is 12.1. The molecule has 1 fully saturated rings. The number of thiophene rings is 1. The second-order valence-corrected chi connectivity index (χ2v) is 8.42. The van der Waals surface area contributed by atoms with Crippen LogP contribution in [0.5, 0.6) is 0 Å². The summed E-state index contributed by atoms with van der Waals surface area (Å²) in [6.07, 6.45) is 1.46. The van der Waals surface area contributed by atoms with E-state index in [1.54, 1.807) is 35.6 Å². The Kier molecular flexibility index (Phi) is 4.68. The number of carbonyl (C=O) groups is 1. The molecular formula is C16H18N2O3S2. The van der Waals surface area contributed by atoms with E-state index in [9.17, 15) is 13.2 Å². The van der Waals surface area contributed by atoms with Crippen LogP contribution in [0, 0.1) is 0 Å². The van der Waals surface area contributed by atoms with Crippen LogP contribution in [0.1, 0.15) is 21.7 Å².